The summed E-state index contributed by atoms with van der Waals surface area (Å²) in [6.45, 7) is 3.16. The maximum Gasteiger partial charge on any atom is 0.432 e. The van der Waals surface area contributed by atoms with Gasteiger partial charge in [-0.15, -0.1) is 0 Å². The highest BCUT2D eigenvalue weighted by Crippen LogP contribution is 2.39. The molecule has 2 nitrogen and oxygen atoms in total. The Morgan fingerprint density at radius 2 is 1.09 bits per heavy atom. The van der Waals surface area contributed by atoms with Gasteiger partial charge >= 0.3 is 12.3 Å². The SMILES string of the molecule is C=CCOc1cc(F)c(C(F)(F)Oc2cc(F)c(-c3ccc(C#Cc4cc(F)c(C(F)(F)F)c(F)c4)cc3)c(F)c2)c(F)c1. The van der Waals surface area contributed by atoms with Gasteiger partial charge in [0.05, 0.1) is 5.56 Å². The average Bonchev–Trinajstić information content (AvgIpc) is 2.89. The Balaban J connectivity index is 1.55. The molecule has 0 aliphatic rings. The second-order valence-corrected chi connectivity index (χ2v) is 8.88. The Bertz CT molecular complexity index is 1710. The first-order chi connectivity index (χ1) is 20.6. The third-order valence-electron chi connectivity index (χ3n) is 5.79. The molecule has 4 rings (SSSR count). The molecule has 228 valence electrons. The van der Waals surface area contributed by atoms with E-state index in [4.69, 9.17) is 4.74 Å². The molecule has 0 heterocycles. The van der Waals surface area contributed by atoms with Gasteiger partial charge in [-0.25, -0.2) is 26.3 Å². The molecule has 0 bridgehead atoms. The number of rotatable bonds is 7. The Kier molecular flexibility index (Phi) is 8.94. The molecule has 0 unspecified atom stereocenters. The number of hydrogen-bond donors (Lipinski definition) is 0. The molecule has 0 fully saturated rings. The number of hydrogen-bond acceptors (Lipinski definition) is 2. The summed E-state index contributed by atoms with van der Waals surface area (Å²) in [4.78, 5) is 0. The van der Waals surface area contributed by atoms with Crippen molar-refractivity contribution in [3.05, 3.63) is 130 Å². The molecule has 0 aliphatic heterocycles. The Morgan fingerprint density at radius 1 is 0.614 bits per heavy atom. The third kappa shape index (κ3) is 6.96. The lowest BCUT2D eigenvalue weighted by atomic mass is 10.0. The summed E-state index contributed by atoms with van der Waals surface area (Å²) in [6, 6.07) is 7.18. The number of alkyl halides is 5. The highest BCUT2D eigenvalue weighted by atomic mass is 19.4. The maximum absolute atomic E-state index is 14.8. The number of benzene rings is 4. The van der Waals surface area contributed by atoms with E-state index in [0.29, 0.717) is 36.4 Å². The van der Waals surface area contributed by atoms with Crippen LogP contribution in [-0.4, -0.2) is 6.61 Å². The van der Waals surface area contributed by atoms with Gasteiger partial charge in [0, 0.05) is 35.4 Å². The van der Waals surface area contributed by atoms with Crippen LogP contribution in [0.5, 0.6) is 11.5 Å². The van der Waals surface area contributed by atoms with Gasteiger partial charge < -0.3 is 9.47 Å². The monoisotopic (exact) mass is 628 g/mol. The summed E-state index contributed by atoms with van der Waals surface area (Å²) in [5.41, 5.74) is -5.01. The van der Waals surface area contributed by atoms with Gasteiger partial charge in [-0.3, -0.25) is 0 Å². The second-order valence-electron chi connectivity index (χ2n) is 8.88. The van der Waals surface area contributed by atoms with E-state index in [-0.39, 0.29) is 17.7 Å². The Labute approximate surface area is 242 Å². The third-order valence-corrected chi connectivity index (χ3v) is 5.79. The van der Waals surface area contributed by atoms with Crippen LogP contribution in [0.1, 0.15) is 22.3 Å². The first-order valence-electron chi connectivity index (χ1n) is 12.1. The topological polar surface area (TPSA) is 18.5 Å². The quantitative estimate of drug-likeness (QED) is 0.115. The minimum atomic E-state index is -5.26. The fraction of sp³-hybridized carbons (Fsp3) is 0.0968. The van der Waals surface area contributed by atoms with E-state index < -0.39 is 80.9 Å². The molecule has 4 aromatic carbocycles. The average molecular weight is 628 g/mol. The summed E-state index contributed by atoms with van der Waals surface area (Å²) in [5.74, 6) is -6.82. The van der Waals surface area contributed by atoms with Crippen LogP contribution in [0.2, 0.25) is 0 Å². The molecule has 44 heavy (non-hydrogen) atoms. The van der Waals surface area contributed by atoms with Crippen LogP contribution >= 0.6 is 0 Å². The van der Waals surface area contributed by atoms with Crippen LogP contribution < -0.4 is 9.47 Å². The summed E-state index contributed by atoms with van der Waals surface area (Å²) in [7, 11) is 0. The molecule has 4 aromatic rings. The molecule has 0 aliphatic carbocycles. The predicted molar refractivity (Wildman–Crippen MR) is 136 cm³/mol. The van der Waals surface area contributed by atoms with Gasteiger partial charge in [0.25, 0.3) is 0 Å². The molecule has 0 saturated heterocycles. The van der Waals surface area contributed by atoms with E-state index in [9.17, 15) is 48.3 Å². The van der Waals surface area contributed by atoms with Crippen molar-refractivity contribution in [1.29, 1.82) is 0 Å². The lowest BCUT2D eigenvalue weighted by Crippen LogP contribution is -2.25. The molecule has 13 heteroatoms. The molecule has 0 atom stereocenters. The lowest BCUT2D eigenvalue weighted by molar-refractivity contribution is -0.189. The lowest BCUT2D eigenvalue weighted by Gasteiger charge is -2.20. The van der Waals surface area contributed by atoms with Crippen molar-refractivity contribution in [1.82, 2.24) is 0 Å². The fourth-order valence-electron chi connectivity index (χ4n) is 3.93. The van der Waals surface area contributed by atoms with Gasteiger partial charge in [-0.05, 0) is 29.8 Å². The molecule has 0 spiro atoms. The normalized spacial score (nSPS) is 11.5. The maximum atomic E-state index is 14.8. The van der Waals surface area contributed by atoms with Crippen LogP contribution in [0.3, 0.4) is 0 Å². The summed E-state index contributed by atoms with van der Waals surface area (Å²) >= 11 is 0. The number of ether oxygens (including phenoxy) is 2. The van der Waals surface area contributed by atoms with Gasteiger partial charge in [0.15, 0.2) is 0 Å². The molecule has 0 saturated carbocycles. The van der Waals surface area contributed by atoms with Gasteiger partial charge in [-0.2, -0.15) is 22.0 Å². The van der Waals surface area contributed by atoms with Crippen LogP contribution in [0, 0.1) is 46.7 Å². The minimum absolute atomic E-state index is 0.123. The molecule has 0 radical (unpaired) electrons. The van der Waals surface area contributed by atoms with Crippen molar-refractivity contribution in [3.63, 3.8) is 0 Å². The van der Waals surface area contributed by atoms with E-state index in [1.165, 1.54) is 18.2 Å². The largest absolute Gasteiger partial charge is 0.489 e. The molecule has 0 amide bonds. The van der Waals surface area contributed by atoms with Crippen molar-refractivity contribution in [2.24, 2.45) is 0 Å². The zero-order valence-corrected chi connectivity index (χ0v) is 21.7. The van der Waals surface area contributed by atoms with Gasteiger partial charge in [-0.1, -0.05) is 36.6 Å². The first kappa shape index (κ1) is 31.9. The second kappa shape index (κ2) is 12.3. The fourth-order valence-corrected chi connectivity index (χ4v) is 3.93. The summed E-state index contributed by atoms with van der Waals surface area (Å²) in [6.07, 6.45) is -8.71. The smallest absolute Gasteiger partial charge is 0.432 e. The molecule has 0 aromatic heterocycles. The van der Waals surface area contributed by atoms with E-state index >= 15 is 0 Å². The highest BCUT2D eigenvalue weighted by molar-refractivity contribution is 5.67. The molecule has 0 N–H and O–H groups in total. The predicted octanol–water partition coefficient (Wildman–Crippen LogP) is 9.30. The van der Waals surface area contributed by atoms with Gasteiger partial charge in [0.1, 0.15) is 64.1 Å². The van der Waals surface area contributed by atoms with Crippen molar-refractivity contribution in [2.45, 2.75) is 12.3 Å². The zero-order chi connectivity index (χ0) is 32.4. The number of halogens is 11. The van der Waals surface area contributed by atoms with Crippen molar-refractivity contribution in [3.8, 4) is 34.5 Å². The Hall–Kier alpha value is -4.99. The summed E-state index contributed by atoms with van der Waals surface area (Å²) in [5, 5.41) is 0. The van der Waals surface area contributed by atoms with Gasteiger partial charge in [0.2, 0.25) is 0 Å². The molecular weight excluding hydrogens is 613 g/mol. The van der Waals surface area contributed by atoms with E-state index in [0.717, 1.165) is 12.1 Å². The van der Waals surface area contributed by atoms with Crippen LogP contribution in [0.4, 0.5) is 48.3 Å². The minimum Gasteiger partial charge on any atom is -0.489 e. The van der Waals surface area contributed by atoms with Crippen molar-refractivity contribution < 1.29 is 57.8 Å². The Morgan fingerprint density at radius 3 is 1.59 bits per heavy atom. The molecular formula is C31H15F11O2. The van der Waals surface area contributed by atoms with Crippen LogP contribution in [-0.2, 0) is 12.3 Å². The van der Waals surface area contributed by atoms with Crippen LogP contribution in [0.15, 0.2) is 73.3 Å². The van der Waals surface area contributed by atoms with E-state index in [1.807, 2.05) is 0 Å². The van der Waals surface area contributed by atoms with Crippen molar-refractivity contribution in [2.75, 3.05) is 6.61 Å². The zero-order valence-electron chi connectivity index (χ0n) is 21.7. The van der Waals surface area contributed by atoms with E-state index in [2.05, 4.69) is 23.2 Å². The van der Waals surface area contributed by atoms with E-state index in [1.54, 1.807) is 0 Å². The van der Waals surface area contributed by atoms with Crippen LogP contribution in [0.25, 0.3) is 11.1 Å². The first-order valence-corrected chi connectivity index (χ1v) is 12.1. The summed E-state index contributed by atoms with van der Waals surface area (Å²) < 4.78 is 163. The highest BCUT2D eigenvalue weighted by Gasteiger charge is 2.42. The standard InChI is InChI=1S/C31H15F11O2/c1-2-9-43-19-12-25(36)29(26(37)13-19)31(41,42)44-20-14-21(32)27(22(33)15-20)18-7-5-16(6-8-18)3-4-17-10-23(34)28(24(35)11-17)30(38,39)40/h2,5-8,10-15H,1,9H2. The van der Waals surface area contributed by atoms with Crippen molar-refractivity contribution >= 4 is 0 Å².